The molecule has 0 saturated heterocycles. The molecule has 0 unspecified atom stereocenters. The third-order valence-corrected chi connectivity index (χ3v) is 1.90. The van der Waals surface area contributed by atoms with Crippen LogP contribution in [0.2, 0.25) is 0 Å². The summed E-state index contributed by atoms with van der Waals surface area (Å²) in [6.45, 7) is 0. The van der Waals surface area contributed by atoms with Gasteiger partial charge in [0.25, 0.3) is 0 Å². The van der Waals surface area contributed by atoms with Gasteiger partial charge in [0.15, 0.2) is 0 Å². The van der Waals surface area contributed by atoms with Crippen LogP contribution >= 0.6 is 0 Å². The Labute approximate surface area is 77.6 Å². The van der Waals surface area contributed by atoms with Gasteiger partial charge in [-0.1, -0.05) is 31.7 Å². The predicted octanol–water partition coefficient (Wildman–Crippen LogP) is 2.76. The van der Waals surface area contributed by atoms with Gasteiger partial charge >= 0.3 is 0 Å². The summed E-state index contributed by atoms with van der Waals surface area (Å²) in [6.07, 6.45) is 0. The van der Waals surface area contributed by atoms with E-state index in [0.29, 0.717) is 5.69 Å². The Balaban J connectivity index is 0.000000845. The summed E-state index contributed by atoms with van der Waals surface area (Å²) in [5.74, 6) is 0.147. The fraction of sp³-hybridized carbons (Fsp3) is 0.0909. The van der Waals surface area contributed by atoms with Gasteiger partial charge in [0.1, 0.15) is 5.75 Å². The van der Waals surface area contributed by atoms with Crippen molar-refractivity contribution >= 4 is 16.5 Å². The summed E-state index contributed by atoms with van der Waals surface area (Å²) >= 11 is 0. The Kier molecular flexibility index (Phi) is 2.42. The topological polar surface area (TPSA) is 46.2 Å². The van der Waals surface area contributed by atoms with E-state index in [9.17, 15) is 5.11 Å². The maximum atomic E-state index is 9.29. The van der Waals surface area contributed by atoms with Crippen LogP contribution in [0, 0.1) is 0 Å². The van der Waals surface area contributed by atoms with Crippen molar-refractivity contribution in [3.05, 3.63) is 36.4 Å². The summed E-state index contributed by atoms with van der Waals surface area (Å²) in [6, 6.07) is 11.2. The maximum Gasteiger partial charge on any atom is 0.139 e. The summed E-state index contributed by atoms with van der Waals surface area (Å²) in [5.41, 5.74) is 5.96. The molecule has 0 spiro atoms. The highest BCUT2D eigenvalue weighted by molar-refractivity contribution is 5.87. The lowest BCUT2D eigenvalue weighted by atomic mass is 10.1. The molecular formula is C11H13NO. The van der Waals surface area contributed by atoms with E-state index in [1.54, 1.807) is 12.1 Å². The number of nitrogen functional groups attached to an aromatic ring is 1. The van der Waals surface area contributed by atoms with E-state index < -0.39 is 0 Å². The average molecular weight is 175 g/mol. The number of anilines is 1. The summed E-state index contributed by atoms with van der Waals surface area (Å²) in [4.78, 5) is 0. The van der Waals surface area contributed by atoms with Crippen molar-refractivity contribution in [3.63, 3.8) is 0 Å². The zero-order chi connectivity index (χ0) is 8.55. The Morgan fingerprint density at radius 3 is 2.15 bits per heavy atom. The Bertz CT molecular complexity index is 383. The normalized spacial score (nSPS) is 9.54. The van der Waals surface area contributed by atoms with Crippen molar-refractivity contribution in [2.24, 2.45) is 0 Å². The van der Waals surface area contributed by atoms with Crippen LogP contribution in [-0.4, -0.2) is 5.11 Å². The third kappa shape index (κ3) is 1.56. The third-order valence-electron chi connectivity index (χ3n) is 1.90. The molecule has 2 aromatic rings. The van der Waals surface area contributed by atoms with Gasteiger partial charge < -0.3 is 10.8 Å². The first kappa shape index (κ1) is 9.39. The highest BCUT2D eigenvalue weighted by atomic mass is 16.3. The first-order valence-corrected chi connectivity index (χ1v) is 3.74. The van der Waals surface area contributed by atoms with Gasteiger partial charge in [0, 0.05) is 0 Å². The molecule has 2 aromatic carbocycles. The molecule has 0 radical (unpaired) electrons. The van der Waals surface area contributed by atoms with Crippen molar-refractivity contribution in [1.82, 2.24) is 0 Å². The zero-order valence-electron chi connectivity index (χ0n) is 6.49. The van der Waals surface area contributed by atoms with E-state index in [4.69, 9.17) is 5.73 Å². The summed E-state index contributed by atoms with van der Waals surface area (Å²) in [5, 5.41) is 11.3. The van der Waals surface area contributed by atoms with Gasteiger partial charge in [-0.05, 0) is 22.9 Å². The molecule has 0 saturated carbocycles. The average Bonchev–Trinajstić information content (AvgIpc) is 2.07. The second-order valence-electron chi connectivity index (χ2n) is 2.76. The quantitative estimate of drug-likeness (QED) is 0.477. The highest BCUT2D eigenvalue weighted by Gasteiger charge is 1.98. The van der Waals surface area contributed by atoms with Gasteiger partial charge in [-0.15, -0.1) is 0 Å². The summed E-state index contributed by atoms with van der Waals surface area (Å²) < 4.78 is 0. The van der Waals surface area contributed by atoms with Gasteiger partial charge in [-0.3, -0.25) is 0 Å². The van der Waals surface area contributed by atoms with Crippen molar-refractivity contribution in [2.45, 2.75) is 7.43 Å². The van der Waals surface area contributed by atoms with Crippen LogP contribution < -0.4 is 5.73 Å². The fourth-order valence-corrected chi connectivity index (χ4v) is 1.25. The molecule has 13 heavy (non-hydrogen) atoms. The molecule has 0 aromatic heterocycles. The number of hydrogen-bond acceptors (Lipinski definition) is 2. The van der Waals surface area contributed by atoms with Gasteiger partial charge in [-0.25, -0.2) is 0 Å². The van der Waals surface area contributed by atoms with E-state index in [-0.39, 0.29) is 13.2 Å². The van der Waals surface area contributed by atoms with E-state index in [1.165, 1.54) is 0 Å². The van der Waals surface area contributed by atoms with E-state index in [1.807, 2.05) is 24.3 Å². The number of nitrogens with two attached hydrogens (primary N) is 1. The number of rotatable bonds is 0. The lowest BCUT2D eigenvalue weighted by molar-refractivity contribution is 0.479. The molecule has 0 atom stereocenters. The van der Waals surface area contributed by atoms with E-state index >= 15 is 0 Å². The maximum absolute atomic E-state index is 9.29. The van der Waals surface area contributed by atoms with Crippen LogP contribution in [0.4, 0.5) is 5.69 Å². The van der Waals surface area contributed by atoms with Gasteiger partial charge in [0.2, 0.25) is 0 Å². The highest BCUT2D eigenvalue weighted by Crippen LogP contribution is 2.26. The Morgan fingerprint density at radius 2 is 1.54 bits per heavy atom. The second-order valence-corrected chi connectivity index (χ2v) is 2.76. The number of fused-ring (bicyclic) bond motifs is 1. The largest absolute Gasteiger partial charge is 0.506 e. The molecule has 68 valence electrons. The van der Waals surface area contributed by atoms with Crippen LogP contribution in [0.5, 0.6) is 5.75 Å². The molecule has 0 amide bonds. The lowest BCUT2D eigenvalue weighted by Crippen LogP contribution is -1.84. The van der Waals surface area contributed by atoms with Crippen LogP contribution in [0.1, 0.15) is 7.43 Å². The molecule has 0 bridgehead atoms. The van der Waals surface area contributed by atoms with E-state index in [0.717, 1.165) is 10.8 Å². The van der Waals surface area contributed by atoms with Gasteiger partial charge in [-0.2, -0.15) is 0 Å². The number of hydrogen-bond donors (Lipinski definition) is 2. The minimum atomic E-state index is 0. The van der Waals surface area contributed by atoms with E-state index in [2.05, 4.69) is 0 Å². The first-order valence-electron chi connectivity index (χ1n) is 3.74. The number of benzene rings is 2. The molecule has 0 aliphatic carbocycles. The lowest BCUT2D eigenvalue weighted by Gasteiger charge is -2.01. The predicted molar refractivity (Wildman–Crippen MR) is 56.8 cm³/mol. The molecule has 0 aliphatic heterocycles. The van der Waals surface area contributed by atoms with Crippen molar-refractivity contribution in [2.75, 3.05) is 5.73 Å². The zero-order valence-corrected chi connectivity index (χ0v) is 6.49. The van der Waals surface area contributed by atoms with Crippen LogP contribution in [0.15, 0.2) is 36.4 Å². The Morgan fingerprint density at radius 1 is 1.00 bits per heavy atom. The number of phenols is 1. The minimum Gasteiger partial charge on any atom is -0.506 e. The summed E-state index contributed by atoms with van der Waals surface area (Å²) in [7, 11) is 0. The molecule has 2 nitrogen and oxygen atoms in total. The molecule has 0 heterocycles. The second kappa shape index (κ2) is 3.35. The smallest absolute Gasteiger partial charge is 0.139 e. The Hall–Kier alpha value is -1.70. The minimum absolute atomic E-state index is 0. The standard InChI is InChI=1S/C10H9NO.CH4/c11-9-5-7-3-1-2-4-8(7)6-10(9)12;/h1-6,12H,11H2;1H4. The van der Waals surface area contributed by atoms with Crippen LogP contribution in [-0.2, 0) is 0 Å². The van der Waals surface area contributed by atoms with Crippen LogP contribution in [0.3, 0.4) is 0 Å². The van der Waals surface area contributed by atoms with Gasteiger partial charge in [0.05, 0.1) is 5.69 Å². The molecule has 0 aliphatic rings. The monoisotopic (exact) mass is 175 g/mol. The molecular weight excluding hydrogens is 162 g/mol. The molecule has 3 N–H and O–H groups in total. The SMILES string of the molecule is C.Nc1cc2ccccc2cc1O. The fourth-order valence-electron chi connectivity index (χ4n) is 1.25. The van der Waals surface area contributed by atoms with Crippen molar-refractivity contribution < 1.29 is 5.11 Å². The molecule has 0 fully saturated rings. The number of aromatic hydroxyl groups is 1. The van der Waals surface area contributed by atoms with Crippen molar-refractivity contribution in [1.29, 1.82) is 0 Å². The molecule has 2 heteroatoms. The van der Waals surface area contributed by atoms with Crippen LogP contribution in [0.25, 0.3) is 10.8 Å². The van der Waals surface area contributed by atoms with Crippen molar-refractivity contribution in [3.8, 4) is 5.75 Å². The molecule has 2 rings (SSSR count). The first-order chi connectivity index (χ1) is 5.77. The number of phenolic OH excluding ortho intramolecular Hbond substituents is 1.